The van der Waals surface area contributed by atoms with E-state index in [9.17, 15) is 18.0 Å². The van der Waals surface area contributed by atoms with Crippen molar-refractivity contribution in [2.24, 2.45) is 5.92 Å². The summed E-state index contributed by atoms with van der Waals surface area (Å²) in [5, 5.41) is 0. The molecule has 0 aliphatic carbocycles. The van der Waals surface area contributed by atoms with Crippen LogP contribution in [0.5, 0.6) is 0 Å². The van der Waals surface area contributed by atoms with Crippen molar-refractivity contribution in [1.29, 1.82) is 0 Å². The molecule has 0 atom stereocenters. The number of pyridine rings is 1. The van der Waals surface area contributed by atoms with Gasteiger partial charge in [-0.15, -0.1) is 0 Å². The fourth-order valence-corrected chi connectivity index (χ4v) is 3.30. The number of carbonyl (C=O) groups excluding carboxylic acids is 1. The fraction of sp³-hybridized carbons (Fsp3) is 0.647. The maximum atomic E-state index is 12.6. The molecule has 0 saturated carbocycles. The van der Waals surface area contributed by atoms with E-state index in [0.717, 1.165) is 25.1 Å². The van der Waals surface area contributed by atoms with Gasteiger partial charge in [-0.05, 0) is 30.9 Å². The van der Waals surface area contributed by atoms with Gasteiger partial charge in [0.25, 0.3) is 0 Å². The van der Waals surface area contributed by atoms with Crippen molar-refractivity contribution in [1.82, 2.24) is 9.88 Å². The zero-order chi connectivity index (χ0) is 17.9. The molecule has 2 aliphatic rings. The molecule has 3 heterocycles. The molecular formula is C17H22F3N3O2. The Morgan fingerprint density at radius 3 is 2.40 bits per heavy atom. The third-order valence-electron chi connectivity index (χ3n) is 4.84. The van der Waals surface area contributed by atoms with Crippen LogP contribution in [0.3, 0.4) is 0 Å². The lowest BCUT2D eigenvalue weighted by atomic mass is 9.93. The highest BCUT2D eigenvalue weighted by Crippen LogP contribution is 2.30. The second-order valence-electron chi connectivity index (χ2n) is 6.53. The van der Waals surface area contributed by atoms with Gasteiger partial charge in [0.05, 0.1) is 18.8 Å². The van der Waals surface area contributed by atoms with Crippen LogP contribution in [0.15, 0.2) is 18.3 Å². The third-order valence-corrected chi connectivity index (χ3v) is 4.84. The first kappa shape index (κ1) is 18.0. The predicted molar refractivity (Wildman–Crippen MR) is 86.2 cm³/mol. The van der Waals surface area contributed by atoms with Crippen molar-refractivity contribution in [2.75, 3.05) is 44.3 Å². The first-order valence-corrected chi connectivity index (χ1v) is 8.57. The number of anilines is 1. The van der Waals surface area contributed by atoms with E-state index in [4.69, 9.17) is 4.74 Å². The Morgan fingerprint density at radius 1 is 1.16 bits per heavy atom. The quantitative estimate of drug-likeness (QED) is 0.834. The van der Waals surface area contributed by atoms with Gasteiger partial charge in [-0.2, -0.15) is 13.2 Å². The molecule has 0 radical (unpaired) electrons. The Morgan fingerprint density at radius 2 is 1.84 bits per heavy atom. The van der Waals surface area contributed by atoms with Crippen LogP contribution in [-0.4, -0.2) is 55.2 Å². The van der Waals surface area contributed by atoms with Crippen molar-refractivity contribution >= 4 is 11.7 Å². The summed E-state index contributed by atoms with van der Waals surface area (Å²) in [6.45, 7) is 3.94. The summed E-state index contributed by atoms with van der Waals surface area (Å²) in [7, 11) is 0. The predicted octanol–water partition coefficient (Wildman–Crippen LogP) is 2.57. The van der Waals surface area contributed by atoms with Gasteiger partial charge in [0.2, 0.25) is 5.91 Å². The molecule has 5 nitrogen and oxygen atoms in total. The van der Waals surface area contributed by atoms with Crippen LogP contribution in [0.1, 0.15) is 24.8 Å². The van der Waals surface area contributed by atoms with Gasteiger partial charge in [0.15, 0.2) is 0 Å². The molecular weight excluding hydrogens is 335 g/mol. The van der Waals surface area contributed by atoms with Crippen LogP contribution in [0.4, 0.5) is 19.0 Å². The number of alkyl halides is 3. The lowest BCUT2D eigenvalue weighted by Gasteiger charge is -2.34. The number of halogens is 3. The largest absolute Gasteiger partial charge is 0.417 e. The molecule has 0 spiro atoms. The van der Waals surface area contributed by atoms with Gasteiger partial charge in [-0.3, -0.25) is 4.79 Å². The van der Waals surface area contributed by atoms with Crippen LogP contribution in [0.2, 0.25) is 0 Å². The average molecular weight is 357 g/mol. The van der Waals surface area contributed by atoms with Crippen molar-refractivity contribution in [3.8, 4) is 0 Å². The van der Waals surface area contributed by atoms with E-state index in [-0.39, 0.29) is 5.91 Å². The number of ether oxygens (including phenoxy) is 1. The first-order chi connectivity index (χ1) is 11.9. The van der Waals surface area contributed by atoms with E-state index in [1.54, 1.807) is 0 Å². The second kappa shape index (κ2) is 7.59. The molecule has 0 N–H and O–H groups in total. The van der Waals surface area contributed by atoms with E-state index < -0.39 is 11.7 Å². The van der Waals surface area contributed by atoms with Gasteiger partial charge in [0, 0.05) is 38.8 Å². The minimum atomic E-state index is -4.36. The van der Waals surface area contributed by atoms with Gasteiger partial charge in [-0.25, -0.2) is 4.98 Å². The van der Waals surface area contributed by atoms with E-state index in [1.165, 1.54) is 6.07 Å². The topological polar surface area (TPSA) is 45.7 Å². The number of morpholine rings is 1. The van der Waals surface area contributed by atoms with Crippen LogP contribution in [0.25, 0.3) is 0 Å². The summed E-state index contributed by atoms with van der Waals surface area (Å²) >= 11 is 0. The Hall–Kier alpha value is -1.83. The molecule has 138 valence electrons. The number of carbonyl (C=O) groups is 1. The number of piperidine rings is 1. The number of hydrogen-bond donors (Lipinski definition) is 0. The van der Waals surface area contributed by atoms with Crippen LogP contribution in [-0.2, 0) is 15.7 Å². The number of amides is 1. The minimum Gasteiger partial charge on any atom is -0.378 e. The molecule has 1 aromatic rings. The van der Waals surface area contributed by atoms with Crippen LogP contribution in [0, 0.1) is 5.92 Å². The highest BCUT2D eigenvalue weighted by molar-refractivity contribution is 5.76. The Bertz CT molecular complexity index is 578. The van der Waals surface area contributed by atoms with Gasteiger partial charge < -0.3 is 14.5 Å². The maximum absolute atomic E-state index is 12.6. The standard InChI is InChI=1S/C17H22F3N3O2/c18-17(19,20)14-1-2-15(21-12-14)22-5-3-13(4-6-22)11-16(24)23-7-9-25-10-8-23/h1-2,12-13H,3-11H2. The third kappa shape index (κ3) is 4.62. The molecule has 2 saturated heterocycles. The number of nitrogens with zero attached hydrogens (tertiary/aromatic N) is 3. The molecule has 0 aromatic carbocycles. The normalized spacial score (nSPS) is 20.0. The van der Waals surface area contributed by atoms with Crippen molar-refractivity contribution < 1.29 is 22.7 Å². The first-order valence-electron chi connectivity index (χ1n) is 8.57. The lowest BCUT2D eigenvalue weighted by Crippen LogP contribution is -2.42. The summed E-state index contributed by atoms with van der Waals surface area (Å²) in [6, 6.07) is 2.48. The molecule has 2 aliphatic heterocycles. The van der Waals surface area contributed by atoms with Crippen LogP contribution >= 0.6 is 0 Å². The molecule has 1 amide bonds. The smallest absolute Gasteiger partial charge is 0.378 e. The molecule has 0 bridgehead atoms. The highest BCUT2D eigenvalue weighted by Gasteiger charge is 2.31. The zero-order valence-corrected chi connectivity index (χ0v) is 14.0. The number of rotatable bonds is 3. The molecule has 0 unspecified atom stereocenters. The minimum absolute atomic E-state index is 0.175. The van der Waals surface area contributed by atoms with Crippen molar-refractivity contribution in [3.05, 3.63) is 23.9 Å². The lowest BCUT2D eigenvalue weighted by molar-refractivity contribution is -0.138. The monoisotopic (exact) mass is 357 g/mol. The Labute approximate surface area is 144 Å². The van der Waals surface area contributed by atoms with E-state index in [1.807, 2.05) is 9.80 Å². The Balaban J connectivity index is 1.49. The zero-order valence-electron chi connectivity index (χ0n) is 14.0. The Kier molecular flexibility index (Phi) is 5.46. The van der Waals surface area contributed by atoms with E-state index in [2.05, 4.69) is 4.98 Å². The fourth-order valence-electron chi connectivity index (χ4n) is 3.30. The molecule has 1 aromatic heterocycles. The molecule has 3 rings (SSSR count). The van der Waals surface area contributed by atoms with Gasteiger partial charge in [0.1, 0.15) is 5.82 Å². The molecule has 8 heteroatoms. The summed E-state index contributed by atoms with van der Waals surface area (Å²) in [5.74, 6) is 1.06. The van der Waals surface area contributed by atoms with Crippen molar-refractivity contribution in [3.63, 3.8) is 0 Å². The summed E-state index contributed by atoms with van der Waals surface area (Å²) in [4.78, 5) is 20.1. The van der Waals surface area contributed by atoms with Gasteiger partial charge in [-0.1, -0.05) is 0 Å². The maximum Gasteiger partial charge on any atom is 0.417 e. The second-order valence-corrected chi connectivity index (χ2v) is 6.53. The van der Waals surface area contributed by atoms with Crippen molar-refractivity contribution in [2.45, 2.75) is 25.4 Å². The van der Waals surface area contributed by atoms with E-state index >= 15 is 0 Å². The number of aromatic nitrogens is 1. The SMILES string of the molecule is O=C(CC1CCN(c2ccc(C(F)(F)F)cn2)CC1)N1CCOCC1. The highest BCUT2D eigenvalue weighted by atomic mass is 19.4. The molecule has 25 heavy (non-hydrogen) atoms. The summed E-state index contributed by atoms with van der Waals surface area (Å²) in [6.07, 6.45) is -1.26. The average Bonchev–Trinajstić information content (AvgIpc) is 2.62. The number of hydrogen-bond acceptors (Lipinski definition) is 4. The summed E-state index contributed by atoms with van der Waals surface area (Å²) in [5.41, 5.74) is -0.734. The van der Waals surface area contributed by atoms with E-state index in [0.29, 0.717) is 57.5 Å². The van der Waals surface area contributed by atoms with Gasteiger partial charge >= 0.3 is 6.18 Å². The molecule has 2 fully saturated rings. The van der Waals surface area contributed by atoms with Crippen LogP contribution < -0.4 is 4.90 Å². The summed E-state index contributed by atoms with van der Waals surface area (Å²) < 4.78 is 43.0.